The number of ether oxygens (including phenoxy) is 1. The summed E-state index contributed by atoms with van der Waals surface area (Å²) < 4.78 is 4.75. The predicted octanol–water partition coefficient (Wildman–Crippen LogP) is 3.38. The van der Waals surface area contributed by atoms with Gasteiger partial charge in [0.25, 0.3) is 0 Å². The number of amides is 1. The molecule has 0 heterocycles. The Labute approximate surface area is 164 Å². The molecule has 1 amide bonds. The number of nitrogens with two attached hydrogens (primary N) is 1. The first-order valence-corrected chi connectivity index (χ1v) is 9.09. The minimum Gasteiger partial charge on any atom is -0.469 e. The number of rotatable bonds is 7. The summed E-state index contributed by atoms with van der Waals surface area (Å²) in [7, 11) is 1.34. The number of carbonyl (C=O) groups is 2. The molecule has 0 aliphatic heterocycles. The fraction of sp³-hybridized carbons (Fsp3) is 0.263. The molecule has 7 heteroatoms. The van der Waals surface area contributed by atoms with E-state index >= 15 is 0 Å². The monoisotopic (exact) mass is 394 g/mol. The van der Waals surface area contributed by atoms with Crippen LogP contribution in [0.25, 0.3) is 0 Å². The third-order valence-electron chi connectivity index (χ3n) is 3.80. The molecule has 3 N–H and O–H groups in total. The molecule has 0 aliphatic rings. The predicted molar refractivity (Wildman–Crippen MR) is 108 cm³/mol. The second kappa shape index (κ2) is 10.7. The highest BCUT2D eigenvalue weighted by Crippen LogP contribution is 2.22. The lowest BCUT2D eigenvalue weighted by atomic mass is 10.0. The topological polar surface area (TPSA) is 81.4 Å². The smallest absolute Gasteiger partial charge is 0.307 e. The Morgan fingerprint density at radius 3 is 2.27 bits per heavy atom. The maximum Gasteiger partial charge on any atom is 0.307 e. The van der Waals surface area contributed by atoms with Crippen LogP contribution in [0.1, 0.15) is 23.6 Å². The van der Waals surface area contributed by atoms with Gasteiger partial charge in [-0.2, -0.15) is 0 Å². The van der Waals surface area contributed by atoms with Crippen molar-refractivity contribution < 1.29 is 14.3 Å². The summed E-state index contributed by atoms with van der Waals surface area (Å²) in [5, 5.41) is 2.92. The van der Waals surface area contributed by atoms with E-state index < -0.39 is 6.04 Å². The Hall–Kier alpha value is -2.18. The van der Waals surface area contributed by atoms with Crippen molar-refractivity contribution in [1.29, 1.82) is 0 Å². The number of methoxy groups -OCH3 is 1. The van der Waals surface area contributed by atoms with Crippen molar-refractivity contribution in [2.75, 3.05) is 19.1 Å². The van der Waals surface area contributed by atoms with Crippen molar-refractivity contribution in [3.63, 3.8) is 0 Å². The molecule has 0 radical (unpaired) electrons. The maximum atomic E-state index is 12.4. The lowest BCUT2D eigenvalue weighted by Crippen LogP contribution is -2.31. The van der Waals surface area contributed by atoms with Gasteiger partial charge in [0.15, 0.2) is 0 Å². The van der Waals surface area contributed by atoms with Crippen LogP contribution in [0.15, 0.2) is 53.4 Å². The summed E-state index contributed by atoms with van der Waals surface area (Å²) in [6, 6.07) is 14.5. The molecular weight excluding hydrogens is 372 g/mol. The summed E-state index contributed by atoms with van der Waals surface area (Å²) in [5.41, 5.74) is 8.04. The number of carbonyl (C=O) groups excluding carboxylic acids is 2. The SMILES string of the molecule is COC(=O)CC(NC(=O)Cc1ccc(N)cc1)c1ccc(SC)cc1.Cl. The first-order chi connectivity index (χ1) is 12.0. The van der Waals surface area contributed by atoms with Gasteiger partial charge in [0, 0.05) is 10.6 Å². The van der Waals surface area contributed by atoms with Crippen LogP contribution in [0.3, 0.4) is 0 Å². The summed E-state index contributed by atoms with van der Waals surface area (Å²) >= 11 is 1.64. The molecule has 140 valence electrons. The van der Waals surface area contributed by atoms with Gasteiger partial charge in [-0.15, -0.1) is 24.2 Å². The molecule has 0 aliphatic carbocycles. The number of esters is 1. The summed E-state index contributed by atoms with van der Waals surface area (Å²) in [4.78, 5) is 25.2. The van der Waals surface area contributed by atoms with E-state index in [1.165, 1.54) is 7.11 Å². The van der Waals surface area contributed by atoms with Crippen molar-refractivity contribution in [1.82, 2.24) is 5.32 Å². The molecule has 0 aromatic heterocycles. The zero-order chi connectivity index (χ0) is 18.2. The molecule has 1 unspecified atom stereocenters. The highest BCUT2D eigenvalue weighted by molar-refractivity contribution is 7.98. The van der Waals surface area contributed by atoms with Crippen molar-refractivity contribution in [3.8, 4) is 0 Å². The molecule has 0 spiro atoms. The van der Waals surface area contributed by atoms with Gasteiger partial charge >= 0.3 is 5.97 Å². The van der Waals surface area contributed by atoms with E-state index in [0.717, 1.165) is 16.0 Å². The molecule has 0 fully saturated rings. The Bertz CT molecular complexity index is 721. The quantitative estimate of drug-likeness (QED) is 0.427. The molecule has 0 saturated heterocycles. The van der Waals surface area contributed by atoms with Gasteiger partial charge in [-0.25, -0.2) is 0 Å². The van der Waals surface area contributed by atoms with Gasteiger partial charge in [0.1, 0.15) is 0 Å². The molecular formula is C19H23ClN2O3S. The van der Waals surface area contributed by atoms with Crippen LogP contribution in [0.5, 0.6) is 0 Å². The molecule has 1 atom stereocenters. The highest BCUT2D eigenvalue weighted by Gasteiger charge is 2.19. The van der Waals surface area contributed by atoms with E-state index in [1.807, 2.05) is 42.7 Å². The zero-order valence-electron chi connectivity index (χ0n) is 14.7. The average molecular weight is 395 g/mol. The normalized spacial score (nSPS) is 11.2. The molecule has 26 heavy (non-hydrogen) atoms. The number of hydrogen-bond donors (Lipinski definition) is 2. The lowest BCUT2D eigenvalue weighted by Gasteiger charge is -2.18. The van der Waals surface area contributed by atoms with Crippen LogP contribution in [0, 0.1) is 0 Å². The Morgan fingerprint density at radius 1 is 1.12 bits per heavy atom. The van der Waals surface area contributed by atoms with E-state index in [2.05, 4.69) is 5.32 Å². The van der Waals surface area contributed by atoms with Crippen LogP contribution in [-0.4, -0.2) is 25.2 Å². The number of hydrogen-bond acceptors (Lipinski definition) is 5. The van der Waals surface area contributed by atoms with E-state index in [9.17, 15) is 9.59 Å². The van der Waals surface area contributed by atoms with Gasteiger partial charge in [0.2, 0.25) is 5.91 Å². The van der Waals surface area contributed by atoms with Gasteiger partial charge in [-0.3, -0.25) is 9.59 Å². The number of nitrogen functional groups attached to an aromatic ring is 1. The minimum atomic E-state index is -0.426. The Balaban J connectivity index is 0.00000338. The molecule has 2 aromatic carbocycles. The van der Waals surface area contributed by atoms with Crippen LogP contribution in [0.2, 0.25) is 0 Å². The van der Waals surface area contributed by atoms with Crippen LogP contribution in [-0.2, 0) is 20.7 Å². The van der Waals surface area contributed by atoms with Crippen molar-refractivity contribution in [3.05, 3.63) is 59.7 Å². The third-order valence-corrected chi connectivity index (χ3v) is 4.54. The van der Waals surface area contributed by atoms with Crippen molar-refractivity contribution in [2.45, 2.75) is 23.8 Å². The van der Waals surface area contributed by atoms with Crippen molar-refractivity contribution in [2.24, 2.45) is 0 Å². The fourth-order valence-corrected chi connectivity index (χ4v) is 2.81. The summed E-state index contributed by atoms with van der Waals surface area (Å²) in [6.07, 6.45) is 2.30. The Morgan fingerprint density at radius 2 is 1.73 bits per heavy atom. The van der Waals surface area contributed by atoms with E-state index in [4.69, 9.17) is 10.5 Å². The third kappa shape index (κ3) is 6.61. The highest BCUT2D eigenvalue weighted by atomic mass is 35.5. The van der Waals surface area contributed by atoms with Crippen molar-refractivity contribution >= 4 is 41.7 Å². The van der Waals surface area contributed by atoms with E-state index in [1.54, 1.807) is 23.9 Å². The maximum absolute atomic E-state index is 12.4. The molecule has 0 saturated carbocycles. The number of nitrogens with one attached hydrogen (secondary N) is 1. The van der Waals surface area contributed by atoms with E-state index in [0.29, 0.717) is 5.69 Å². The minimum absolute atomic E-state index is 0. The second-order valence-corrected chi connectivity index (χ2v) is 6.47. The molecule has 5 nitrogen and oxygen atoms in total. The molecule has 2 aromatic rings. The first kappa shape index (κ1) is 21.9. The van der Waals surface area contributed by atoms with E-state index in [-0.39, 0.29) is 37.1 Å². The van der Waals surface area contributed by atoms with Gasteiger partial charge < -0.3 is 15.8 Å². The summed E-state index contributed by atoms with van der Waals surface area (Å²) in [5.74, 6) is -0.528. The number of thioether (sulfide) groups is 1. The van der Waals surface area contributed by atoms with Gasteiger partial charge in [-0.1, -0.05) is 24.3 Å². The molecule has 2 rings (SSSR count). The second-order valence-electron chi connectivity index (χ2n) is 5.59. The van der Waals surface area contributed by atoms with Crippen LogP contribution in [0.4, 0.5) is 5.69 Å². The lowest BCUT2D eigenvalue weighted by molar-refractivity contribution is -0.141. The van der Waals surface area contributed by atoms with Crippen LogP contribution < -0.4 is 11.1 Å². The van der Waals surface area contributed by atoms with Crippen LogP contribution >= 0.6 is 24.2 Å². The van der Waals surface area contributed by atoms with Gasteiger partial charge in [0.05, 0.1) is 26.0 Å². The largest absolute Gasteiger partial charge is 0.469 e. The first-order valence-electron chi connectivity index (χ1n) is 7.86. The Kier molecular flexibility index (Phi) is 9.02. The standard InChI is InChI=1S/C19H22N2O3S.ClH/c1-24-19(23)12-17(14-5-9-16(25-2)10-6-14)21-18(22)11-13-3-7-15(20)8-4-13;/h3-10,17H,11-12,20H2,1-2H3,(H,21,22);1H. The average Bonchev–Trinajstić information content (AvgIpc) is 2.63. The zero-order valence-corrected chi connectivity index (χ0v) is 16.4. The number of anilines is 1. The number of benzene rings is 2. The van der Waals surface area contributed by atoms with Gasteiger partial charge in [-0.05, 0) is 41.6 Å². The summed E-state index contributed by atoms with van der Waals surface area (Å²) in [6.45, 7) is 0. The number of halogens is 1. The fourth-order valence-electron chi connectivity index (χ4n) is 2.40. The molecule has 0 bridgehead atoms.